The summed E-state index contributed by atoms with van der Waals surface area (Å²) in [5, 5.41) is 5.12. The fraction of sp³-hybridized carbons (Fsp3) is 0.824. The lowest BCUT2D eigenvalue weighted by Crippen LogP contribution is -2.33. The summed E-state index contributed by atoms with van der Waals surface area (Å²) in [6.45, 7) is 12.7. The molecule has 3 heteroatoms. The van der Waals surface area contributed by atoms with Gasteiger partial charge in [-0.3, -0.25) is 0 Å². The van der Waals surface area contributed by atoms with Crippen molar-refractivity contribution in [2.75, 3.05) is 6.54 Å². The Labute approximate surface area is 128 Å². The van der Waals surface area contributed by atoms with Crippen LogP contribution in [0.15, 0.2) is 0 Å². The van der Waals surface area contributed by atoms with Gasteiger partial charge in [0.2, 0.25) is 0 Å². The third-order valence-corrected chi connectivity index (χ3v) is 5.81. The summed E-state index contributed by atoms with van der Waals surface area (Å²) in [7, 11) is 0. The molecule has 1 heterocycles. The number of fused-ring (bicyclic) bond motifs is 1. The summed E-state index contributed by atoms with van der Waals surface area (Å²) >= 11 is 1.98. The highest BCUT2D eigenvalue weighted by atomic mass is 32.1. The van der Waals surface area contributed by atoms with Gasteiger partial charge in [-0.1, -0.05) is 34.6 Å². The average molecular weight is 295 g/mol. The Morgan fingerprint density at radius 1 is 1.30 bits per heavy atom. The van der Waals surface area contributed by atoms with Gasteiger partial charge in [0.1, 0.15) is 0 Å². The molecule has 1 aromatic heterocycles. The normalized spacial score (nSPS) is 21.2. The lowest BCUT2D eigenvalue weighted by Gasteiger charge is -2.34. The molecule has 0 saturated carbocycles. The summed E-state index contributed by atoms with van der Waals surface area (Å²) < 4.78 is 0. The van der Waals surface area contributed by atoms with Crippen molar-refractivity contribution < 1.29 is 0 Å². The maximum absolute atomic E-state index is 5.03. The van der Waals surface area contributed by atoms with E-state index < -0.39 is 0 Å². The van der Waals surface area contributed by atoms with E-state index in [0.717, 1.165) is 13.0 Å². The van der Waals surface area contributed by atoms with Gasteiger partial charge >= 0.3 is 0 Å². The Balaban J connectivity index is 2.28. The van der Waals surface area contributed by atoms with E-state index in [2.05, 4.69) is 39.9 Å². The van der Waals surface area contributed by atoms with Gasteiger partial charge in [0.15, 0.2) is 0 Å². The van der Waals surface area contributed by atoms with Crippen molar-refractivity contribution in [3.63, 3.8) is 0 Å². The summed E-state index contributed by atoms with van der Waals surface area (Å²) in [6, 6.07) is 0.523. The van der Waals surface area contributed by atoms with Gasteiger partial charge in [-0.2, -0.15) is 0 Å². The smallest absolute Gasteiger partial charge is 0.0962 e. The van der Waals surface area contributed by atoms with E-state index in [9.17, 15) is 0 Å². The van der Waals surface area contributed by atoms with E-state index >= 15 is 0 Å². The molecule has 0 spiro atoms. The Morgan fingerprint density at radius 3 is 2.60 bits per heavy atom. The molecule has 1 aliphatic rings. The number of thiazole rings is 1. The van der Waals surface area contributed by atoms with Crippen molar-refractivity contribution in [2.45, 2.75) is 78.7 Å². The molecular weight excluding hydrogens is 264 g/mol. The van der Waals surface area contributed by atoms with Crippen molar-refractivity contribution >= 4 is 11.3 Å². The highest BCUT2D eigenvalue weighted by Crippen LogP contribution is 2.44. The number of nitrogens with one attached hydrogen (secondary N) is 1. The van der Waals surface area contributed by atoms with Crippen LogP contribution in [0.25, 0.3) is 0 Å². The number of hydrogen-bond acceptors (Lipinski definition) is 3. The van der Waals surface area contributed by atoms with E-state index in [4.69, 9.17) is 4.98 Å². The predicted molar refractivity (Wildman–Crippen MR) is 88.6 cm³/mol. The summed E-state index contributed by atoms with van der Waals surface area (Å²) in [4.78, 5) is 6.55. The van der Waals surface area contributed by atoms with Gasteiger partial charge in [-0.15, -0.1) is 11.3 Å². The SMILES string of the molecule is CCCNC1CC(C)(C)Cc2nc(C(CC)CC)sc21. The third kappa shape index (κ3) is 3.43. The molecule has 1 aliphatic carbocycles. The van der Waals surface area contributed by atoms with E-state index in [1.165, 1.54) is 41.3 Å². The molecule has 1 atom stereocenters. The molecule has 0 amide bonds. The van der Waals surface area contributed by atoms with Crippen LogP contribution in [0.4, 0.5) is 0 Å². The molecule has 1 aromatic rings. The second-order valence-electron chi connectivity index (χ2n) is 6.93. The molecule has 0 fully saturated rings. The average Bonchev–Trinajstić information content (AvgIpc) is 2.79. The van der Waals surface area contributed by atoms with Crippen molar-refractivity contribution in [3.8, 4) is 0 Å². The van der Waals surface area contributed by atoms with Crippen LogP contribution in [0.1, 0.15) is 87.8 Å². The molecule has 0 radical (unpaired) electrons. The molecule has 1 N–H and O–H groups in total. The maximum atomic E-state index is 5.03. The zero-order chi connectivity index (χ0) is 14.8. The summed E-state index contributed by atoms with van der Waals surface area (Å²) in [6.07, 6.45) is 6.00. The van der Waals surface area contributed by atoms with Crippen molar-refractivity contribution in [1.82, 2.24) is 10.3 Å². The summed E-state index contributed by atoms with van der Waals surface area (Å²) in [5.41, 5.74) is 1.75. The minimum absolute atomic E-state index is 0.373. The Morgan fingerprint density at radius 2 is 2.00 bits per heavy atom. The van der Waals surface area contributed by atoms with Crippen LogP contribution in [-0.4, -0.2) is 11.5 Å². The Kier molecular flexibility index (Phi) is 5.25. The Hall–Kier alpha value is -0.410. The number of hydrogen-bond donors (Lipinski definition) is 1. The fourth-order valence-corrected chi connectivity index (χ4v) is 4.67. The highest BCUT2D eigenvalue weighted by molar-refractivity contribution is 7.12. The molecule has 0 aliphatic heterocycles. The molecule has 1 unspecified atom stereocenters. The minimum atomic E-state index is 0.373. The molecule has 0 aromatic carbocycles. The van der Waals surface area contributed by atoms with Crippen LogP contribution < -0.4 is 5.32 Å². The molecule has 2 nitrogen and oxygen atoms in total. The first-order valence-electron chi connectivity index (χ1n) is 8.23. The van der Waals surface area contributed by atoms with Crippen LogP contribution in [-0.2, 0) is 6.42 Å². The quantitative estimate of drug-likeness (QED) is 0.793. The van der Waals surface area contributed by atoms with Gasteiger partial charge in [0.25, 0.3) is 0 Å². The van der Waals surface area contributed by atoms with E-state index in [0.29, 0.717) is 17.4 Å². The van der Waals surface area contributed by atoms with Crippen LogP contribution in [0.5, 0.6) is 0 Å². The standard InChI is InChI=1S/C17H30N2S/c1-6-9-18-13-10-17(4,5)11-14-15(13)20-16(19-14)12(7-2)8-3/h12-13,18H,6-11H2,1-5H3. The number of aromatic nitrogens is 1. The lowest BCUT2D eigenvalue weighted by molar-refractivity contribution is 0.258. The number of rotatable bonds is 6. The fourth-order valence-electron chi connectivity index (χ4n) is 3.25. The van der Waals surface area contributed by atoms with Gasteiger partial charge in [-0.25, -0.2) is 4.98 Å². The van der Waals surface area contributed by atoms with E-state index in [1.807, 2.05) is 11.3 Å². The van der Waals surface area contributed by atoms with Crippen LogP contribution >= 0.6 is 11.3 Å². The number of nitrogens with zero attached hydrogens (tertiary/aromatic N) is 1. The van der Waals surface area contributed by atoms with E-state index in [1.54, 1.807) is 0 Å². The van der Waals surface area contributed by atoms with Crippen LogP contribution in [0.3, 0.4) is 0 Å². The largest absolute Gasteiger partial charge is 0.309 e. The Bertz CT molecular complexity index is 432. The zero-order valence-electron chi connectivity index (χ0n) is 13.8. The first-order chi connectivity index (χ1) is 9.50. The second-order valence-corrected chi connectivity index (χ2v) is 7.99. The molecular formula is C17H30N2S. The minimum Gasteiger partial charge on any atom is -0.309 e. The first-order valence-corrected chi connectivity index (χ1v) is 9.05. The van der Waals surface area contributed by atoms with Gasteiger partial charge in [-0.05, 0) is 44.1 Å². The van der Waals surface area contributed by atoms with Gasteiger partial charge < -0.3 is 5.32 Å². The molecule has 20 heavy (non-hydrogen) atoms. The molecule has 114 valence electrons. The second kappa shape index (κ2) is 6.57. The summed E-state index contributed by atoms with van der Waals surface area (Å²) in [5.74, 6) is 0.653. The highest BCUT2D eigenvalue weighted by Gasteiger charge is 2.35. The van der Waals surface area contributed by atoms with Crippen molar-refractivity contribution in [2.24, 2.45) is 5.41 Å². The maximum Gasteiger partial charge on any atom is 0.0962 e. The lowest BCUT2D eigenvalue weighted by atomic mass is 9.76. The zero-order valence-corrected chi connectivity index (χ0v) is 14.6. The first kappa shape index (κ1) is 16.0. The monoisotopic (exact) mass is 294 g/mol. The van der Waals surface area contributed by atoms with Crippen molar-refractivity contribution in [1.29, 1.82) is 0 Å². The van der Waals surface area contributed by atoms with Crippen LogP contribution in [0, 0.1) is 5.41 Å². The van der Waals surface area contributed by atoms with Crippen LogP contribution in [0.2, 0.25) is 0 Å². The molecule has 0 bridgehead atoms. The van der Waals surface area contributed by atoms with Gasteiger partial charge in [0.05, 0.1) is 10.7 Å². The van der Waals surface area contributed by atoms with Crippen molar-refractivity contribution in [3.05, 3.63) is 15.6 Å². The predicted octanol–water partition coefficient (Wildman–Crippen LogP) is 5.06. The molecule has 0 saturated heterocycles. The van der Waals surface area contributed by atoms with Gasteiger partial charge in [0, 0.05) is 16.8 Å². The topological polar surface area (TPSA) is 24.9 Å². The third-order valence-electron chi connectivity index (χ3n) is 4.44. The van der Waals surface area contributed by atoms with E-state index in [-0.39, 0.29) is 0 Å². The molecule has 2 rings (SSSR count).